The Morgan fingerprint density at radius 1 is 1.54 bits per heavy atom. The maximum atomic E-state index is 12.1. The molecule has 130 valence electrons. The molecule has 2 N–H and O–H groups in total. The van der Waals surface area contributed by atoms with Crippen molar-refractivity contribution in [3.63, 3.8) is 0 Å². The van der Waals surface area contributed by atoms with Crippen molar-refractivity contribution in [3.05, 3.63) is 29.0 Å². The molecule has 2 aromatic rings. The van der Waals surface area contributed by atoms with Gasteiger partial charge in [-0.15, -0.1) is 0 Å². The average molecular weight is 351 g/mol. The summed E-state index contributed by atoms with van der Waals surface area (Å²) in [5, 5.41) is 3.54. The maximum absolute atomic E-state index is 12.1. The van der Waals surface area contributed by atoms with Crippen LogP contribution in [0.5, 0.6) is 0 Å². The number of halogens is 1. The van der Waals surface area contributed by atoms with Gasteiger partial charge in [-0.25, -0.2) is 9.78 Å². The Kier molecular flexibility index (Phi) is 5.58. The first-order valence-corrected chi connectivity index (χ1v) is 8.74. The molecule has 3 rings (SSSR count). The van der Waals surface area contributed by atoms with Gasteiger partial charge in [0.2, 0.25) is 0 Å². The lowest BCUT2D eigenvalue weighted by molar-refractivity contribution is 0.100. The highest BCUT2D eigenvalue weighted by molar-refractivity contribution is 6.31. The highest BCUT2D eigenvalue weighted by Gasteiger charge is 2.16. The number of carbonyl (C=O) groups excluding carboxylic acids is 1. The molecule has 0 radical (unpaired) electrons. The SMILES string of the molecule is CN(CCCC1CCCO1)C(=O)NCc1nc2ccc(Cl)cc2[nH]1. The molecule has 7 heteroatoms. The first kappa shape index (κ1) is 17.0. The third-order valence-corrected chi connectivity index (χ3v) is 4.53. The summed E-state index contributed by atoms with van der Waals surface area (Å²) in [5.41, 5.74) is 1.71. The van der Waals surface area contributed by atoms with Gasteiger partial charge in [-0.2, -0.15) is 0 Å². The largest absolute Gasteiger partial charge is 0.378 e. The van der Waals surface area contributed by atoms with Crippen LogP contribution in [0.1, 0.15) is 31.5 Å². The van der Waals surface area contributed by atoms with Crippen LogP contribution >= 0.6 is 11.6 Å². The van der Waals surface area contributed by atoms with Crippen LogP contribution in [0.4, 0.5) is 4.79 Å². The van der Waals surface area contributed by atoms with Crippen LogP contribution in [0.15, 0.2) is 18.2 Å². The Balaban J connectivity index is 1.43. The highest BCUT2D eigenvalue weighted by atomic mass is 35.5. The zero-order valence-corrected chi connectivity index (χ0v) is 14.6. The Morgan fingerprint density at radius 2 is 2.42 bits per heavy atom. The quantitative estimate of drug-likeness (QED) is 0.839. The van der Waals surface area contributed by atoms with Crippen molar-refractivity contribution < 1.29 is 9.53 Å². The molecule has 6 nitrogen and oxygen atoms in total. The predicted octanol–water partition coefficient (Wildman–Crippen LogP) is 3.32. The number of rotatable bonds is 6. The number of nitrogens with one attached hydrogen (secondary N) is 2. The van der Waals surface area contributed by atoms with Crippen LogP contribution in [0, 0.1) is 0 Å². The molecule has 0 spiro atoms. The van der Waals surface area contributed by atoms with E-state index in [1.54, 1.807) is 11.0 Å². The molecule has 1 aliphatic heterocycles. The molecule has 2 heterocycles. The Morgan fingerprint density at radius 3 is 3.21 bits per heavy atom. The second-order valence-corrected chi connectivity index (χ2v) is 6.64. The van der Waals surface area contributed by atoms with Gasteiger partial charge in [0.25, 0.3) is 0 Å². The molecule has 24 heavy (non-hydrogen) atoms. The molecule has 2 amide bonds. The molecule has 1 saturated heterocycles. The fourth-order valence-corrected chi connectivity index (χ4v) is 3.11. The molecule has 1 aliphatic rings. The van der Waals surface area contributed by atoms with Crippen LogP contribution in [0.25, 0.3) is 11.0 Å². The lowest BCUT2D eigenvalue weighted by Gasteiger charge is -2.18. The van der Waals surface area contributed by atoms with E-state index in [0.29, 0.717) is 23.5 Å². The number of amides is 2. The van der Waals surface area contributed by atoms with E-state index in [4.69, 9.17) is 16.3 Å². The fourth-order valence-electron chi connectivity index (χ4n) is 2.94. The molecule has 0 bridgehead atoms. The van der Waals surface area contributed by atoms with Crippen LogP contribution in [-0.2, 0) is 11.3 Å². The Hall–Kier alpha value is -1.79. The van der Waals surface area contributed by atoms with Crippen LogP contribution in [0.2, 0.25) is 5.02 Å². The van der Waals surface area contributed by atoms with Gasteiger partial charge in [-0.3, -0.25) is 0 Å². The van der Waals surface area contributed by atoms with E-state index in [2.05, 4.69) is 15.3 Å². The third kappa shape index (κ3) is 4.39. The van der Waals surface area contributed by atoms with E-state index < -0.39 is 0 Å². The first-order chi connectivity index (χ1) is 11.6. The molecule has 1 aromatic heterocycles. The van der Waals surface area contributed by atoms with Gasteiger partial charge in [0.05, 0.1) is 23.7 Å². The van der Waals surface area contributed by atoms with Gasteiger partial charge in [0.1, 0.15) is 5.82 Å². The van der Waals surface area contributed by atoms with Gasteiger partial charge < -0.3 is 19.9 Å². The van der Waals surface area contributed by atoms with Crippen molar-refractivity contribution in [3.8, 4) is 0 Å². The number of benzene rings is 1. The number of carbonyl (C=O) groups is 1. The van der Waals surface area contributed by atoms with E-state index in [0.717, 1.165) is 49.9 Å². The summed E-state index contributed by atoms with van der Waals surface area (Å²) in [5.74, 6) is 0.716. The third-order valence-electron chi connectivity index (χ3n) is 4.29. The monoisotopic (exact) mass is 350 g/mol. The Labute approximate surface area is 146 Å². The number of H-pyrrole nitrogens is 1. The normalized spacial score (nSPS) is 17.3. The van der Waals surface area contributed by atoms with Crippen molar-refractivity contribution in [2.75, 3.05) is 20.2 Å². The smallest absolute Gasteiger partial charge is 0.317 e. The topological polar surface area (TPSA) is 70.2 Å². The fraction of sp³-hybridized carbons (Fsp3) is 0.529. The minimum Gasteiger partial charge on any atom is -0.378 e. The van der Waals surface area contributed by atoms with Crippen molar-refractivity contribution in [1.29, 1.82) is 0 Å². The zero-order chi connectivity index (χ0) is 16.9. The molecule has 1 unspecified atom stereocenters. The number of nitrogens with zero attached hydrogens (tertiary/aromatic N) is 2. The molecule has 1 aromatic carbocycles. The van der Waals surface area contributed by atoms with E-state index in [1.165, 1.54) is 0 Å². The summed E-state index contributed by atoms with van der Waals surface area (Å²) >= 11 is 5.96. The summed E-state index contributed by atoms with van der Waals surface area (Å²) in [6, 6.07) is 5.39. The highest BCUT2D eigenvalue weighted by Crippen LogP contribution is 2.18. The number of fused-ring (bicyclic) bond motifs is 1. The zero-order valence-electron chi connectivity index (χ0n) is 13.8. The van der Waals surface area contributed by atoms with Gasteiger partial charge in [-0.05, 0) is 43.9 Å². The number of aromatic nitrogens is 2. The van der Waals surface area contributed by atoms with Crippen molar-refractivity contribution >= 4 is 28.7 Å². The minimum atomic E-state index is -0.0965. The number of ether oxygens (including phenoxy) is 1. The van der Waals surface area contributed by atoms with E-state index in [9.17, 15) is 4.79 Å². The van der Waals surface area contributed by atoms with Crippen molar-refractivity contribution in [2.24, 2.45) is 0 Å². The molecule has 0 aliphatic carbocycles. The van der Waals surface area contributed by atoms with Crippen LogP contribution in [-0.4, -0.2) is 47.2 Å². The van der Waals surface area contributed by atoms with Gasteiger partial charge >= 0.3 is 6.03 Å². The number of hydrogen-bond donors (Lipinski definition) is 2. The summed E-state index contributed by atoms with van der Waals surface area (Å²) < 4.78 is 5.60. The number of aromatic amines is 1. The van der Waals surface area contributed by atoms with Gasteiger partial charge in [0, 0.05) is 25.2 Å². The second kappa shape index (κ2) is 7.85. The summed E-state index contributed by atoms with van der Waals surface area (Å²) in [4.78, 5) is 21.4. The van der Waals surface area contributed by atoms with Crippen LogP contribution in [0.3, 0.4) is 0 Å². The molecule has 1 fully saturated rings. The Bertz CT molecular complexity index is 697. The molecular weight excluding hydrogens is 328 g/mol. The maximum Gasteiger partial charge on any atom is 0.317 e. The molecule has 1 atom stereocenters. The molecular formula is C17H23ClN4O2. The van der Waals surface area contributed by atoms with Crippen molar-refractivity contribution in [1.82, 2.24) is 20.2 Å². The summed E-state index contributed by atoms with van der Waals surface area (Å²) in [7, 11) is 1.81. The van der Waals surface area contributed by atoms with E-state index in [-0.39, 0.29) is 6.03 Å². The first-order valence-electron chi connectivity index (χ1n) is 8.36. The van der Waals surface area contributed by atoms with Crippen molar-refractivity contribution in [2.45, 2.75) is 38.3 Å². The second-order valence-electron chi connectivity index (χ2n) is 6.20. The predicted molar refractivity (Wildman–Crippen MR) is 94.2 cm³/mol. The lowest BCUT2D eigenvalue weighted by Crippen LogP contribution is -2.37. The lowest BCUT2D eigenvalue weighted by atomic mass is 10.1. The van der Waals surface area contributed by atoms with E-state index >= 15 is 0 Å². The summed E-state index contributed by atoms with van der Waals surface area (Å²) in [6.45, 7) is 1.96. The van der Waals surface area contributed by atoms with E-state index in [1.807, 2.05) is 19.2 Å². The minimum absolute atomic E-state index is 0.0965. The number of hydrogen-bond acceptors (Lipinski definition) is 3. The average Bonchev–Trinajstić information content (AvgIpc) is 3.21. The van der Waals surface area contributed by atoms with Crippen LogP contribution < -0.4 is 5.32 Å². The summed E-state index contributed by atoms with van der Waals surface area (Å²) in [6.07, 6.45) is 4.65. The number of imidazole rings is 1. The standard InChI is InChI=1S/C17H23ClN4O2/c1-22(8-2-4-13-5-3-9-24-13)17(23)19-11-16-20-14-7-6-12(18)10-15(14)21-16/h6-7,10,13H,2-5,8-9,11H2,1H3,(H,19,23)(H,20,21). The van der Waals surface area contributed by atoms with Gasteiger partial charge in [0.15, 0.2) is 0 Å². The van der Waals surface area contributed by atoms with Gasteiger partial charge in [-0.1, -0.05) is 11.6 Å². The molecule has 0 saturated carbocycles. The number of urea groups is 1.